The highest BCUT2D eigenvalue weighted by Crippen LogP contribution is 2.35. The van der Waals surface area contributed by atoms with E-state index >= 15 is 0 Å². The second-order valence-corrected chi connectivity index (χ2v) is 5.67. The quantitative estimate of drug-likeness (QED) is 0.887. The summed E-state index contributed by atoms with van der Waals surface area (Å²) in [6.07, 6.45) is 5.74. The van der Waals surface area contributed by atoms with Crippen molar-refractivity contribution >= 4 is 5.82 Å². The summed E-state index contributed by atoms with van der Waals surface area (Å²) in [5, 5.41) is 3.22. The standard InChI is InChI=1S/C15H25N3/c1-4-15(2)7-10-18(11-8-15)14-13(12-16-3)6-5-9-17-14/h5-6,9,16H,4,7-8,10-12H2,1-3H3. The molecule has 0 saturated carbocycles. The van der Waals surface area contributed by atoms with Crippen LogP contribution >= 0.6 is 0 Å². The Balaban J connectivity index is 2.09. The molecule has 2 heterocycles. The molecule has 1 aliphatic rings. The van der Waals surface area contributed by atoms with Crippen LogP contribution in [0.1, 0.15) is 38.7 Å². The molecule has 3 heteroatoms. The normalized spacial score (nSPS) is 18.9. The predicted octanol–water partition coefficient (Wildman–Crippen LogP) is 2.82. The molecule has 1 aliphatic heterocycles. The highest BCUT2D eigenvalue weighted by atomic mass is 15.2. The summed E-state index contributed by atoms with van der Waals surface area (Å²) in [6, 6.07) is 4.20. The van der Waals surface area contributed by atoms with Crippen molar-refractivity contribution in [2.75, 3.05) is 25.0 Å². The Kier molecular flexibility index (Phi) is 4.23. The molecule has 0 spiro atoms. The largest absolute Gasteiger partial charge is 0.356 e. The summed E-state index contributed by atoms with van der Waals surface area (Å²) < 4.78 is 0. The first-order valence-corrected chi connectivity index (χ1v) is 7.02. The number of nitrogens with zero attached hydrogens (tertiary/aromatic N) is 2. The van der Waals surface area contributed by atoms with Crippen LogP contribution in [0, 0.1) is 5.41 Å². The van der Waals surface area contributed by atoms with Crippen molar-refractivity contribution in [3.8, 4) is 0 Å². The lowest BCUT2D eigenvalue weighted by molar-refractivity contribution is 0.237. The van der Waals surface area contributed by atoms with Crippen LogP contribution in [-0.2, 0) is 6.54 Å². The van der Waals surface area contributed by atoms with E-state index in [1.54, 1.807) is 0 Å². The van der Waals surface area contributed by atoms with E-state index in [0.29, 0.717) is 5.41 Å². The van der Waals surface area contributed by atoms with E-state index in [2.05, 4.69) is 35.1 Å². The molecule has 0 aromatic carbocycles. The Bertz CT molecular complexity index is 381. The van der Waals surface area contributed by atoms with Gasteiger partial charge in [-0.2, -0.15) is 0 Å². The number of hydrogen-bond donors (Lipinski definition) is 1. The number of anilines is 1. The summed E-state index contributed by atoms with van der Waals surface area (Å²) in [5.74, 6) is 1.17. The molecule has 2 rings (SSSR count). The van der Waals surface area contributed by atoms with Gasteiger partial charge in [-0.1, -0.05) is 26.3 Å². The summed E-state index contributed by atoms with van der Waals surface area (Å²) in [7, 11) is 1.99. The number of rotatable bonds is 4. The van der Waals surface area contributed by atoms with Gasteiger partial charge in [-0.25, -0.2) is 4.98 Å². The minimum Gasteiger partial charge on any atom is -0.356 e. The fourth-order valence-electron chi connectivity index (χ4n) is 2.66. The van der Waals surface area contributed by atoms with Gasteiger partial charge >= 0.3 is 0 Å². The fourth-order valence-corrected chi connectivity index (χ4v) is 2.66. The van der Waals surface area contributed by atoms with Gasteiger partial charge < -0.3 is 10.2 Å². The lowest BCUT2D eigenvalue weighted by atomic mass is 9.78. The van der Waals surface area contributed by atoms with Crippen LogP contribution in [0.4, 0.5) is 5.82 Å². The van der Waals surface area contributed by atoms with Crippen LogP contribution in [0.15, 0.2) is 18.3 Å². The average molecular weight is 247 g/mol. The molecule has 0 amide bonds. The molecule has 1 aromatic heterocycles. The van der Waals surface area contributed by atoms with Crippen molar-refractivity contribution in [1.29, 1.82) is 0 Å². The summed E-state index contributed by atoms with van der Waals surface area (Å²) in [4.78, 5) is 7.03. The minimum absolute atomic E-state index is 0.536. The SMILES string of the molecule is CCC1(C)CCN(c2ncccc2CNC)CC1. The molecule has 100 valence electrons. The van der Waals surface area contributed by atoms with Gasteiger partial charge in [0.2, 0.25) is 0 Å². The van der Waals surface area contributed by atoms with Crippen molar-refractivity contribution in [3.63, 3.8) is 0 Å². The van der Waals surface area contributed by atoms with Gasteiger partial charge in [-0.05, 0) is 31.4 Å². The molecular weight excluding hydrogens is 222 g/mol. The molecule has 18 heavy (non-hydrogen) atoms. The lowest BCUT2D eigenvalue weighted by Crippen LogP contribution is -2.39. The Labute approximate surface area is 111 Å². The van der Waals surface area contributed by atoms with Crippen LogP contribution in [0.5, 0.6) is 0 Å². The molecule has 0 aliphatic carbocycles. The summed E-state index contributed by atoms with van der Waals surface area (Å²) >= 11 is 0. The monoisotopic (exact) mass is 247 g/mol. The molecule has 1 aromatic rings. The first-order valence-electron chi connectivity index (χ1n) is 7.02. The maximum Gasteiger partial charge on any atom is 0.133 e. The highest BCUT2D eigenvalue weighted by molar-refractivity contribution is 5.47. The van der Waals surface area contributed by atoms with Gasteiger partial charge in [0, 0.05) is 31.4 Å². The van der Waals surface area contributed by atoms with Gasteiger partial charge in [-0.15, -0.1) is 0 Å². The molecule has 3 nitrogen and oxygen atoms in total. The Morgan fingerprint density at radius 3 is 2.72 bits per heavy atom. The number of nitrogens with one attached hydrogen (secondary N) is 1. The van der Waals surface area contributed by atoms with Gasteiger partial charge in [0.05, 0.1) is 0 Å². The second-order valence-electron chi connectivity index (χ2n) is 5.67. The van der Waals surface area contributed by atoms with Crippen LogP contribution in [-0.4, -0.2) is 25.1 Å². The molecule has 1 N–H and O–H groups in total. The first kappa shape index (κ1) is 13.3. The van der Waals surface area contributed by atoms with E-state index < -0.39 is 0 Å². The molecule has 0 radical (unpaired) electrons. The smallest absolute Gasteiger partial charge is 0.133 e. The number of pyridine rings is 1. The Morgan fingerprint density at radius 2 is 2.11 bits per heavy atom. The van der Waals surface area contributed by atoms with Crippen LogP contribution in [0.2, 0.25) is 0 Å². The maximum absolute atomic E-state index is 4.58. The predicted molar refractivity (Wildman–Crippen MR) is 76.8 cm³/mol. The van der Waals surface area contributed by atoms with Gasteiger partial charge in [0.1, 0.15) is 5.82 Å². The van der Waals surface area contributed by atoms with E-state index in [9.17, 15) is 0 Å². The minimum atomic E-state index is 0.536. The Morgan fingerprint density at radius 1 is 1.39 bits per heavy atom. The first-order chi connectivity index (χ1) is 8.68. The average Bonchev–Trinajstić information content (AvgIpc) is 2.41. The molecule has 0 atom stereocenters. The van der Waals surface area contributed by atoms with Gasteiger partial charge in [0.25, 0.3) is 0 Å². The molecule has 1 fully saturated rings. The van der Waals surface area contributed by atoms with E-state index in [1.807, 2.05) is 19.3 Å². The topological polar surface area (TPSA) is 28.2 Å². The third-order valence-corrected chi connectivity index (χ3v) is 4.36. The van der Waals surface area contributed by atoms with E-state index in [-0.39, 0.29) is 0 Å². The van der Waals surface area contributed by atoms with Crippen LogP contribution < -0.4 is 10.2 Å². The maximum atomic E-state index is 4.58. The summed E-state index contributed by atoms with van der Waals surface area (Å²) in [6.45, 7) is 7.89. The number of aromatic nitrogens is 1. The molecule has 0 bridgehead atoms. The van der Waals surface area contributed by atoms with Crippen LogP contribution in [0.3, 0.4) is 0 Å². The van der Waals surface area contributed by atoms with Gasteiger partial charge in [0.15, 0.2) is 0 Å². The molecule has 1 saturated heterocycles. The number of hydrogen-bond acceptors (Lipinski definition) is 3. The van der Waals surface area contributed by atoms with Crippen molar-refractivity contribution in [1.82, 2.24) is 10.3 Å². The van der Waals surface area contributed by atoms with Crippen molar-refractivity contribution < 1.29 is 0 Å². The third kappa shape index (κ3) is 2.83. The van der Waals surface area contributed by atoms with Crippen molar-refractivity contribution in [3.05, 3.63) is 23.9 Å². The van der Waals surface area contributed by atoms with Crippen LogP contribution in [0.25, 0.3) is 0 Å². The second kappa shape index (κ2) is 5.70. The lowest BCUT2D eigenvalue weighted by Gasteiger charge is -2.40. The van der Waals surface area contributed by atoms with Crippen molar-refractivity contribution in [2.24, 2.45) is 5.41 Å². The van der Waals surface area contributed by atoms with Crippen molar-refractivity contribution in [2.45, 2.75) is 39.7 Å². The van der Waals surface area contributed by atoms with E-state index in [1.165, 1.54) is 30.6 Å². The molecule has 0 unspecified atom stereocenters. The van der Waals surface area contributed by atoms with E-state index in [0.717, 1.165) is 19.6 Å². The Hall–Kier alpha value is -1.09. The molecular formula is C15H25N3. The zero-order valence-electron chi connectivity index (χ0n) is 11.9. The zero-order chi connectivity index (χ0) is 13.0. The third-order valence-electron chi connectivity index (χ3n) is 4.36. The zero-order valence-corrected chi connectivity index (χ0v) is 11.9. The fraction of sp³-hybridized carbons (Fsp3) is 0.667. The van der Waals surface area contributed by atoms with E-state index in [4.69, 9.17) is 0 Å². The number of piperidine rings is 1. The highest BCUT2D eigenvalue weighted by Gasteiger charge is 2.29. The summed E-state index contributed by atoms with van der Waals surface area (Å²) in [5.41, 5.74) is 1.84. The van der Waals surface area contributed by atoms with Gasteiger partial charge in [-0.3, -0.25) is 0 Å².